The van der Waals surface area contributed by atoms with E-state index in [9.17, 15) is 5.11 Å². The van der Waals surface area contributed by atoms with Gasteiger partial charge < -0.3 is 0 Å². The Morgan fingerprint density at radius 2 is 2.00 bits per heavy atom. The molecule has 2 unspecified atom stereocenters. The fraction of sp³-hybridized carbons (Fsp3) is 1.00. The zero-order valence-electron chi connectivity index (χ0n) is 5.78. The summed E-state index contributed by atoms with van der Waals surface area (Å²) < 4.78 is 0. The second kappa shape index (κ2) is 3.29. The quantitative estimate of drug-likeness (QED) is 0.405. The molecule has 0 spiro atoms. The molecule has 0 N–H and O–H groups in total. The van der Waals surface area contributed by atoms with Crippen LogP contribution in [-0.4, -0.2) is 10.4 Å². The highest BCUT2D eigenvalue weighted by Gasteiger charge is 2.35. The van der Waals surface area contributed by atoms with Crippen LogP contribution in [0.1, 0.15) is 32.1 Å². The van der Waals surface area contributed by atoms with E-state index in [1.807, 2.05) is 0 Å². The summed E-state index contributed by atoms with van der Waals surface area (Å²) >= 11 is 11.4. The minimum atomic E-state index is -1.39. The van der Waals surface area contributed by atoms with Crippen LogP contribution in [0, 0.1) is 0 Å². The average Bonchev–Trinajstić information content (AvgIpc) is 1.96. The van der Waals surface area contributed by atoms with Gasteiger partial charge in [0.15, 0.2) is 5.06 Å². The van der Waals surface area contributed by atoms with E-state index >= 15 is 0 Å². The van der Waals surface area contributed by atoms with Gasteiger partial charge in [-0.05, 0) is 19.3 Å². The summed E-state index contributed by atoms with van der Waals surface area (Å²) in [5.41, 5.74) is 0. The third-order valence-electron chi connectivity index (χ3n) is 1.94. The topological polar surface area (TPSA) is 19.9 Å². The van der Waals surface area contributed by atoms with E-state index in [1.165, 1.54) is 0 Å². The Bertz CT molecular complexity index is 114. The predicted octanol–water partition coefficient (Wildman–Crippen LogP) is 2.92. The molecule has 0 aromatic rings. The molecule has 0 aliphatic heterocycles. The van der Waals surface area contributed by atoms with Crippen molar-refractivity contribution in [2.24, 2.45) is 0 Å². The largest absolute Gasteiger partial charge is 0.210 e. The first kappa shape index (κ1) is 8.63. The van der Waals surface area contributed by atoms with Crippen molar-refractivity contribution in [1.29, 1.82) is 0 Å². The molecule has 1 saturated carbocycles. The van der Waals surface area contributed by atoms with Gasteiger partial charge in [0.05, 0.1) is 5.38 Å². The summed E-state index contributed by atoms with van der Waals surface area (Å²) in [7, 11) is 0. The molecule has 1 fully saturated rings. The van der Waals surface area contributed by atoms with Gasteiger partial charge in [-0.1, -0.05) is 24.4 Å². The van der Waals surface area contributed by atoms with Crippen LogP contribution in [0.3, 0.4) is 0 Å². The number of rotatable bonds is 0. The SMILES string of the molecule is [O]C1(Cl)CCCCCC1Cl. The van der Waals surface area contributed by atoms with E-state index in [-0.39, 0.29) is 5.38 Å². The van der Waals surface area contributed by atoms with Crippen molar-refractivity contribution >= 4 is 23.2 Å². The van der Waals surface area contributed by atoms with E-state index in [1.54, 1.807) is 0 Å². The molecule has 0 aromatic heterocycles. The minimum absolute atomic E-state index is 0.378. The molecule has 1 aliphatic carbocycles. The first-order valence-electron chi connectivity index (χ1n) is 3.66. The molecule has 0 aromatic carbocycles. The van der Waals surface area contributed by atoms with Crippen molar-refractivity contribution in [3.63, 3.8) is 0 Å². The molecule has 0 amide bonds. The molecule has 10 heavy (non-hydrogen) atoms. The maximum absolute atomic E-state index is 11.3. The molecular formula is C7H11Cl2O. The van der Waals surface area contributed by atoms with Gasteiger partial charge in [-0.2, -0.15) is 0 Å². The normalized spacial score (nSPS) is 42.9. The number of hydrogen-bond donors (Lipinski definition) is 0. The van der Waals surface area contributed by atoms with Crippen LogP contribution in [0.15, 0.2) is 0 Å². The monoisotopic (exact) mass is 181 g/mol. The average molecular weight is 182 g/mol. The molecule has 1 radical (unpaired) electrons. The summed E-state index contributed by atoms with van der Waals surface area (Å²) in [6.07, 6.45) is 4.36. The van der Waals surface area contributed by atoms with Crippen molar-refractivity contribution in [3.8, 4) is 0 Å². The van der Waals surface area contributed by atoms with Crippen molar-refractivity contribution < 1.29 is 5.11 Å². The smallest absolute Gasteiger partial charge is 0.192 e. The van der Waals surface area contributed by atoms with Crippen LogP contribution in [0.5, 0.6) is 0 Å². The summed E-state index contributed by atoms with van der Waals surface area (Å²) in [6, 6.07) is 0. The summed E-state index contributed by atoms with van der Waals surface area (Å²) in [5, 5.41) is 9.54. The predicted molar refractivity (Wildman–Crippen MR) is 42.0 cm³/mol. The maximum atomic E-state index is 11.3. The van der Waals surface area contributed by atoms with Gasteiger partial charge in [0.2, 0.25) is 0 Å². The first-order chi connectivity index (χ1) is 4.63. The van der Waals surface area contributed by atoms with Crippen LogP contribution in [0.25, 0.3) is 0 Å². The highest BCUT2D eigenvalue weighted by Crippen LogP contribution is 2.34. The third kappa shape index (κ3) is 2.01. The van der Waals surface area contributed by atoms with Gasteiger partial charge in [-0.15, -0.1) is 11.6 Å². The lowest BCUT2D eigenvalue weighted by molar-refractivity contribution is 0.0377. The Morgan fingerprint density at radius 3 is 2.70 bits per heavy atom. The zero-order chi connectivity index (χ0) is 7.61. The highest BCUT2D eigenvalue weighted by molar-refractivity contribution is 6.31. The van der Waals surface area contributed by atoms with E-state index < -0.39 is 5.06 Å². The van der Waals surface area contributed by atoms with Crippen LogP contribution in [0.2, 0.25) is 0 Å². The Balaban J connectivity index is 2.52. The molecule has 1 rings (SSSR count). The molecular weight excluding hydrogens is 171 g/mol. The van der Waals surface area contributed by atoms with Gasteiger partial charge in [0, 0.05) is 0 Å². The maximum Gasteiger partial charge on any atom is 0.192 e. The minimum Gasteiger partial charge on any atom is -0.210 e. The van der Waals surface area contributed by atoms with E-state index in [0.29, 0.717) is 6.42 Å². The summed E-state index contributed by atoms with van der Waals surface area (Å²) in [4.78, 5) is 0. The lowest BCUT2D eigenvalue weighted by atomic mass is 10.1. The fourth-order valence-electron chi connectivity index (χ4n) is 1.24. The lowest BCUT2D eigenvalue weighted by Gasteiger charge is -2.19. The van der Waals surface area contributed by atoms with Gasteiger partial charge in [-0.3, -0.25) is 0 Å². The van der Waals surface area contributed by atoms with E-state index in [4.69, 9.17) is 23.2 Å². The molecule has 0 bridgehead atoms. The second-order valence-electron chi connectivity index (χ2n) is 2.85. The Hall–Kier alpha value is 0.540. The number of alkyl halides is 2. The van der Waals surface area contributed by atoms with E-state index in [0.717, 1.165) is 25.7 Å². The molecule has 0 heterocycles. The number of halogens is 2. The van der Waals surface area contributed by atoms with Crippen molar-refractivity contribution in [2.75, 3.05) is 0 Å². The molecule has 3 heteroatoms. The molecule has 0 saturated heterocycles. The van der Waals surface area contributed by atoms with Crippen LogP contribution < -0.4 is 0 Å². The molecule has 1 nitrogen and oxygen atoms in total. The Morgan fingerprint density at radius 1 is 1.30 bits per heavy atom. The van der Waals surface area contributed by atoms with Gasteiger partial charge in [0.1, 0.15) is 0 Å². The van der Waals surface area contributed by atoms with Crippen LogP contribution >= 0.6 is 23.2 Å². The Kier molecular flexibility index (Phi) is 2.84. The van der Waals surface area contributed by atoms with Crippen molar-refractivity contribution in [2.45, 2.75) is 42.5 Å². The number of hydrogen-bond acceptors (Lipinski definition) is 0. The van der Waals surface area contributed by atoms with Crippen LogP contribution in [-0.2, 0) is 5.11 Å². The standard InChI is InChI=1S/C7H11Cl2O/c8-6-4-2-1-3-5-7(6,9)10/h6H,1-5H2. The fourth-order valence-corrected chi connectivity index (χ4v) is 1.74. The Labute approximate surface area is 71.3 Å². The summed E-state index contributed by atoms with van der Waals surface area (Å²) in [6.45, 7) is 0. The van der Waals surface area contributed by atoms with Gasteiger partial charge in [0.25, 0.3) is 0 Å². The zero-order valence-corrected chi connectivity index (χ0v) is 7.29. The molecule has 2 atom stereocenters. The molecule has 1 aliphatic rings. The van der Waals surface area contributed by atoms with Gasteiger partial charge >= 0.3 is 0 Å². The van der Waals surface area contributed by atoms with Crippen molar-refractivity contribution in [1.82, 2.24) is 0 Å². The van der Waals surface area contributed by atoms with E-state index in [2.05, 4.69) is 0 Å². The first-order valence-corrected chi connectivity index (χ1v) is 4.48. The van der Waals surface area contributed by atoms with Crippen molar-refractivity contribution in [3.05, 3.63) is 0 Å². The molecule has 59 valence electrons. The third-order valence-corrected chi connectivity index (χ3v) is 3.08. The second-order valence-corrected chi connectivity index (χ2v) is 4.02. The highest BCUT2D eigenvalue weighted by atomic mass is 35.5. The lowest BCUT2D eigenvalue weighted by Crippen LogP contribution is -2.29. The summed E-state index contributed by atoms with van der Waals surface area (Å²) in [5.74, 6) is 0. The van der Waals surface area contributed by atoms with Gasteiger partial charge in [-0.25, -0.2) is 5.11 Å². The van der Waals surface area contributed by atoms with Crippen LogP contribution in [0.4, 0.5) is 0 Å².